The van der Waals surface area contributed by atoms with Gasteiger partial charge in [-0.2, -0.15) is 0 Å². The number of rotatable bonds is 4. The first kappa shape index (κ1) is 17.0. The lowest BCUT2D eigenvalue weighted by molar-refractivity contribution is -0.135. The van der Waals surface area contributed by atoms with Crippen molar-refractivity contribution in [2.45, 2.75) is 38.4 Å². The minimum absolute atomic E-state index is 0.0643. The molecule has 2 aromatic heterocycles. The normalized spacial score (nSPS) is 21.1. The first-order valence-electron chi connectivity index (χ1n) is 9.22. The number of nitrogens with one attached hydrogen (secondary N) is 1. The molecule has 0 bridgehead atoms. The van der Waals surface area contributed by atoms with E-state index in [4.69, 9.17) is 0 Å². The molecule has 0 aliphatic carbocycles. The molecule has 2 aliphatic heterocycles. The first-order chi connectivity index (χ1) is 12.5. The Bertz CT molecular complexity index is 859. The quantitative estimate of drug-likeness (QED) is 0.901. The van der Waals surface area contributed by atoms with E-state index < -0.39 is 6.04 Å². The summed E-state index contributed by atoms with van der Waals surface area (Å²) in [7, 11) is 4.10. The van der Waals surface area contributed by atoms with E-state index in [-0.39, 0.29) is 11.8 Å². The molecule has 26 heavy (non-hydrogen) atoms. The Morgan fingerprint density at radius 3 is 2.96 bits per heavy atom. The van der Waals surface area contributed by atoms with Crippen LogP contribution in [0.5, 0.6) is 0 Å². The fourth-order valence-electron chi connectivity index (χ4n) is 4.19. The molecule has 0 saturated carbocycles. The largest absolute Gasteiger partial charge is 0.345 e. The van der Waals surface area contributed by atoms with Crippen molar-refractivity contribution in [1.29, 1.82) is 0 Å². The zero-order valence-corrected chi connectivity index (χ0v) is 15.5. The van der Waals surface area contributed by atoms with Crippen LogP contribution in [-0.4, -0.2) is 75.8 Å². The SMILES string of the molecule is CCC(C(=O)N1CCC(N(C)C)C1)N1Cc2ccnc3[nH]cc(c23)C1=O. The number of likely N-dealkylation sites (tertiary alicyclic amines) is 1. The Labute approximate surface area is 153 Å². The van der Waals surface area contributed by atoms with Crippen LogP contribution in [0.2, 0.25) is 0 Å². The first-order valence-corrected chi connectivity index (χ1v) is 9.22. The maximum atomic E-state index is 13.2. The van der Waals surface area contributed by atoms with Gasteiger partial charge in [0.2, 0.25) is 5.91 Å². The molecular formula is C19H25N5O2. The second kappa shape index (κ2) is 6.39. The maximum Gasteiger partial charge on any atom is 0.257 e. The summed E-state index contributed by atoms with van der Waals surface area (Å²) in [6.45, 7) is 3.93. The summed E-state index contributed by atoms with van der Waals surface area (Å²) < 4.78 is 0. The van der Waals surface area contributed by atoms with Gasteiger partial charge < -0.3 is 19.7 Å². The number of hydrogen-bond acceptors (Lipinski definition) is 4. The van der Waals surface area contributed by atoms with Crippen molar-refractivity contribution >= 4 is 22.8 Å². The summed E-state index contributed by atoms with van der Waals surface area (Å²) in [5.41, 5.74) is 2.40. The van der Waals surface area contributed by atoms with Crippen LogP contribution in [0, 0.1) is 0 Å². The fraction of sp³-hybridized carbons (Fsp3) is 0.526. The van der Waals surface area contributed by atoms with Crippen molar-refractivity contribution in [1.82, 2.24) is 24.7 Å². The van der Waals surface area contributed by atoms with Crippen molar-refractivity contribution < 1.29 is 9.59 Å². The van der Waals surface area contributed by atoms with Crippen LogP contribution in [0.1, 0.15) is 35.7 Å². The van der Waals surface area contributed by atoms with E-state index >= 15 is 0 Å². The van der Waals surface area contributed by atoms with Crippen LogP contribution in [0.15, 0.2) is 18.5 Å². The number of H-pyrrole nitrogens is 1. The zero-order valence-electron chi connectivity index (χ0n) is 15.5. The predicted molar refractivity (Wildman–Crippen MR) is 98.7 cm³/mol. The molecule has 2 unspecified atom stereocenters. The Balaban J connectivity index is 1.60. The summed E-state index contributed by atoms with van der Waals surface area (Å²) in [6.07, 6.45) is 5.05. The number of likely N-dealkylation sites (N-methyl/N-ethyl adjacent to an activating group) is 1. The second-order valence-electron chi connectivity index (χ2n) is 7.44. The maximum absolute atomic E-state index is 13.2. The van der Waals surface area contributed by atoms with Crippen molar-refractivity contribution in [3.63, 3.8) is 0 Å². The van der Waals surface area contributed by atoms with Crippen molar-refractivity contribution in [3.8, 4) is 0 Å². The molecule has 2 aromatic rings. The summed E-state index contributed by atoms with van der Waals surface area (Å²) >= 11 is 0. The minimum Gasteiger partial charge on any atom is -0.345 e. The predicted octanol–water partition coefficient (Wildman–Crippen LogP) is 1.46. The molecule has 0 radical (unpaired) electrons. The molecule has 2 aliphatic rings. The van der Waals surface area contributed by atoms with Crippen LogP contribution in [0.3, 0.4) is 0 Å². The van der Waals surface area contributed by atoms with Crippen molar-refractivity contribution in [2.75, 3.05) is 27.2 Å². The third-order valence-corrected chi connectivity index (χ3v) is 5.75. The van der Waals surface area contributed by atoms with E-state index in [1.165, 1.54) is 0 Å². The van der Waals surface area contributed by atoms with Crippen LogP contribution >= 0.6 is 0 Å². The minimum atomic E-state index is -0.422. The molecule has 0 spiro atoms. The van der Waals surface area contributed by atoms with E-state index in [1.807, 2.05) is 32.0 Å². The number of hydrogen-bond donors (Lipinski definition) is 1. The van der Waals surface area contributed by atoms with E-state index in [0.717, 1.165) is 36.1 Å². The lowest BCUT2D eigenvalue weighted by atomic mass is 10.00. The van der Waals surface area contributed by atoms with Gasteiger partial charge in [0, 0.05) is 43.5 Å². The lowest BCUT2D eigenvalue weighted by Gasteiger charge is -2.35. The van der Waals surface area contributed by atoms with Crippen LogP contribution < -0.4 is 0 Å². The molecule has 0 aromatic carbocycles. The molecule has 7 nitrogen and oxygen atoms in total. The molecule has 4 heterocycles. The van der Waals surface area contributed by atoms with Gasteiger partial charge in [-0.3, -0.25) is 9.59 Å². The van der Waals surface area contributed by atoms with E-state index in [0.29, 0.717) is 24.6 Å². The molecule has 1 saturated heterocycles. The average molecular weight is 355 g/mol. The van der Waals surface area contributed by atoms with Gasteiger partial charge in [0.25, 0.3) is 5.91 Å². The Kier molecular flexibility index (Phi) is 4.19. The highest BCUT2D eigenvalue weighted by Gasteiger charge is 2.38. The standard InChI is InChI=1S/C19H25N5O2/c1-4-15(19(26)23-8-6-13(11-23)22(2)3)24-10-12-5-7-20-17-16(12)14(9-21-17)18(24)25/h5,7,9,13,15H,4,6,8,10-11H2,1-3H3,(H,20,21). The Hall–Kier alpha value is -2.41. The number of carbonyl (C=O) groups excluding carboxylic acids is 2. The van der Waals surface area contributed by atoms with E-state index in [1.54, 1.807) is 17.3 Å². The molecular weight excluding hydrogens is 330 g/mol. The van der Waals surface area contributed by atoms with Gasteiger partial charge >= 0.3 is 0 Å². The number of aromatic amines is 1. The van der Waals surface area contributed by atoms with Crippen LogP contribution in [0.25, 0.3) is 11.0 Å². The van der Waals surface area contributed by atoms with E-state index in [9.17, 15) is 9.59 Å². The highest BCUT2D eigenvalue weighted by atomic mass is 16.2. The van der Waals surface area contributed by atoms with Gasteiger partial charge in [-0.1, -0.05) is 6.92 Å². The van der Waals surface area contributed by atoms with Gasteiger partial charge in [0.1, 0.15) is 11.7 Å². The summed E-state index contributed by atoms with van der Waals surface area (Å²) in [4.78, 5) is 39.4. The Morgan fingerprint density at radius 1 is 1.46 bits per heavy atom. The number of amides is 2. The highest BCUT2D eigenvalue weighted by molar-refractivity contribution is 6.10. The van der Waals surface area contributed by atoms with Crippen LogP contribution in [0.4, 0.5) is 0 Å². The van der Waals surface area contributed by atoms with Crippen molar-refractivity contribution in [3.05, 3.63) is 29.6 Å². The summed E-state index contributed by atoms with van der Waals surface area (Å²) in [5, 5.41) is 0.893. The molecule has 2 atom stereocenters. The topological polar surface area (TPSA) is 72.5 Å². The lowest BCUT2D eigenvalue weighted by Crippen LogP contribution is -2.51. The van der Waals surface area contributed by atoms with Gasteiger partial charge in [-0.25, -0.2) is 4.98 Å². The smallest absolute Gasteiger partial charge is 0.257 e. The highest BCUT2D eigenvalue weighted by Crippen LogP contribution is 2.31. The van der Waals surface area contributed by atoms with Crippen LogP contribution in [-0.2, 0) is 11.3 Å². The number of pyridine rings is 1. The summed E-state index contributed by atoms with van der Waals surface area (Å²) in [5.74, 6) is -0.0187. The monoisotopic (exact) mass is 355 g/mol. The zero-order chi connectivity index (χ0) is 18.4. The van der Waals surface area contributed by atoms with E-state index in [2.05, 4.69) is 14.9 Å². The molecule has 1 N–H and O–H groups in total. The van der Waals surface area contributed by atoms with Gasteiger partial charge in [-0.05, 0) is 38.6 Å². The third kappa shape index (κ3) is 2.58. The summed E-state index contributed by atoms with van der Waals surface area (Å²) in [6, 6.07) is 1.91. The van der Waals surface area contributed by atoms with Crippen molar-refractivity contribution in [2.24, 2.45) is 0 Å². The second-order valence-corrected chi connectivity index (χ2v) is 7.44. The van der Waals surface area contributed by atoms with Gasteiger partial charge in [-0.15, -0.1) is 0 Å². The number of aromatic nitrogens is 2. The van der Waals surface area contributed by atoms with Gasteiger partial charge in [0.15, 0.2) is 0 Å². The third-order valence-electron chi connectivity index (χ3n) is 5.75. The molecule has 2 amide bonds. The molecule has 7 heteroatoms. The number of carbonyl (C=O) groups is 2. The molecule has 4 rings (SSSR count). The molecule has 1 fully saturated rings. The average Bonchev–Trinajstić information content (AvgIpc) is 3.28. The Morgan fingerprint density at radius 2 is 2.27 bits per heavy atom. The molecule has 138 valence electrons. The van der Waals surface area contributed by atoms with Gasteiger partial charge in [0.05, 0.1) is 5.56 Å². The fourth-order valence-corrected chi connectivity index (χ4v) is 4.19. The number of nitrogens with zero attached hydrogens (tertiary/aromatic N) is 4.